The average molecular weight is 528 g/mol. The number of halogens is 1. The average Bonchev–Trinajstić information content (AvgIpc) is 2.83. The van der Waals surface area contributed by atoms with Crippen LogP contribution in [-0.2, 0) is 4.79 Å². The van der Waals surface area contributed by atoms with Gasteiger partial charge in [-0.3, -0.25) is 4.79 Å². The van der Waals surface area contributed by atoms with Crippen molar-refractivity contribution in [1.82, 2.24) is 19.9 Å². The van der Waals surface area contributed by atoms with Crippen molar-refractivity contribution in [2.45, 2.75) is 36.4 Å². The van der Waals surface area contributed by atoms with Crippen LogP contribution >= 0.6 is 11.8 Å². The molecular weight excluding hydrogens is 493 g/mol. The highest BCUT2D eigenvalue weighted by Crippen LogP contribution is 2.30. The van der Waals surface area contributed by atoms with Crippen molar-refractivity contribution in [3.05, 3.63) is 54.3 Å². The molecule has 0 saturated carbocycles. The van der Waals surface area contributed by atoms with Crippen molar-refractivity contribution in [3.8, 4) is 5.75 Å². The van der Waals surface area contributed by atoms with Crippen LogP contribution in [0.1, 0.15) is 20.3 Å². The summed E-state index contributed by atoms with van der Waals surface area (Å²) in [4.78, 5) is 31.2. The van der Waals surface area contributed by atoms with Crippen LogP contribution in [0.5, 0.6) is 5.75 Å². The molecular formula is C26H34FN7O2S. The van der Waals surface area contributed by atoms with Crippen molar-refractivity contribution in [2.75, 3.05) is 44.5 Å². The highest BCUT2D eigenvalue weighted by Gasteiger charge is 2.28. The number of primary amides is 1. The minimum Gasteiger partial charge on any atom is -0.497 e. The van der Waals surface area contributed by atoms with Crippen LogP contribution in [0, 0.1) is 11.7 Å². The summed E-state index contributed by atoms with van der Waals surface area (Å²) in [6.45, 7) is 5.20. The van der Waals surface area contributed by atoms with E-state index in [4.69, 9.17) is 15.5 Å². The molecule has 1 atom stereocenters. The van der Waals surface area contributed by atoms with Gasteiger partial charge in [0.1, 0.15) is 17.6 Å². The molecule has 11 heteroatoms. The van der Waals surface area contributed by atoms with E-state index in [9.17, 15) is 9.18 Å². The Morgan fingerprint density at radius 1 is 1.11 bits per heavy atom. The molecule has 0 aliphatic rings. The SMILES string of the molecule is COc1ccc(Sc2nc(Nc3cccc(F)c3)nc(N(CCN(C)C)[C@@H](CC(C)C)C(N)=O)n2)cc1. The summed E-state index contributed by atoms with van der Waals surface area (Å²) in [6.07, 6.45) is 0.544. The second-order valence-corrected chi connectivity index (χ2v) is 10.2. The number of nitrogens with two attached hydrogens (primary N) is 1. The number of carbonyl (C=O) groups is 1. The van der Waals surface area contributed by atoms with E-state index in [0.717, 1.165) is 10.6 Å². The molecule has 198 valence electrons. The predicted octanol–water partition coefficient (Wildman–Crippen LogP) is 4.18. The van der Waals surface area contributed by atoms with Gasteiger partial charge in [-0.1, -0.05) is 19.9 Å². The van der Waals surface area contributed by atoms with Gasteiger partial charge in [0.2, 0.25) is 17.8 Å². The maximum absolute atomic E-state index is 13.8. The molecule has 1 heterocycles. The monoisotopic (exact) mass is 527 g/mol. The van der Waals surface area contributed by atoms with E-state index in [1.165, 1.54) is 23.9 Å². The third-order valence-electron chi connectivity index (χ3n) is 5.40. The molecule has 3 N–H and O–H groups in total. The smallest absolute Gasteiger partial charge is 0.240 e. The van der Waals surface area contributed by atoms with Gasteiger partial charge in [0.15, 0.2) is 5.16 Å². The van der Waals surface area contributed by atoms with E-state index in [-0.39, 0.29) is 17.7 Å². The molecule has 3 rings (SSSR count). The Kier molecular flexibility index (Phi) is 10.0. The Balaban J connectivity index is 2.06. The number of carbonyl (C=O) groups excluding carboxylic acids is 1. The third kappa shape index (κ3) is 8.57. The molecule has 0 aliphatic carbocycles. The molecule has 37 heavy (non-hydrogen) atoms. The number of hydrogen-bond acceptors (Lipinski definition) is 9. The summed E-state index contributed by atoms with van der Waals surface area (Å²) in [5.74, 6) is 0.675. The van der Waals surface area contributed by atoms with E-state index in [1.54, 1.807) is 19.2 Å². The maximum Gasteiger partial charge on any atom is 0.240 e. The molecule has 0 unspecified atom stereocenters. The molecule has 1 aromatic heterocycles. The van der Waals surface area contributed by atoms with Crippen molar-refractivity contribution >= 4 is 35.3 Å². The number of amides is 1. The Bertz CT molecular complexity index is 1180. The highest BCUT2D eigenvalue weighted by molar-refractivity contribution is 7.99. The van der Waals surface area contributed by atoms with Crippen LogP contribution in [0.3, 0.4) is 0 Å². The fraction of sp³-hybridized carbons (Fsp3) is 0.385. The maximum atomic E-state index is 13.8. The summed E-state index contributed by atoms with van der Waals surface area (Å²) < 4.78 is 19.1. The lowest BCUT2D eigenvalue weighted by Crippen LogP contribution is -2.49. The number of benzene rings is 2. The molecule has 0 radical (unpaired) electrons. The minimum absolute atomic E-state index is 0.222. The zero-order chi connectivity index (χ0) is 26.9. The summed E-state index contributed by atoms with van der Waals surface area (Å²) in [6, 6.07) is 12.9. The number of rotatable bonds is 13. The fourth-order valence-electron chi connectivity index (χ4n) is 3.57. The van der Waals surface area contributed by atoms with Gasteiger partial charge in [-0.2, -0.15) is 15.0 Å². The minimum atomic E-state index is -0.608. The number of methoxy groups -OCH3 is 1. The molecule has 9 nitrogen and oxygen atoms in total. The van der Waals surface area contributed by atoms with Gasteiger partial charge in [-0.05, 0) is 80.7 Å². The van der Waals surface area contributed by atoms with E-state index in [1.807, 2.05) is 62.0 Å². The number of aromatic nitrogens is 3. The Morgan fingerprint density at radius 2 is 1.84 bits per heavy atom. The van der Waals surface area contributed by atoms with E-state index in [0.29, 0.717) is 36.3 Å². The molecule has 0 aliphatic heterocycles. The van der Waals surface area contributed by atoms with Crippen molar-refractivity contribution < 1.29 is 13.9 Å². The largest absolute Gasteiger partial charge is 0.497 e. The van der Waals surface area contributed by atoms with Crippen molar-refractivity contribution in [2.24, 2.45) is 11.7 Å². The van der Waals surface area contributed by atoms with Crippen LogP contribution in [0.2, 0.25) is 0 Å². The molecule has 0 fully saturated rings. The number of likely N-dealkylation sites (N-methyl/N-ethyl adjacent to an activating group) is 1. The van der Waals surface area contributed by atoms with E-state index in [2.05, 4.69) is 15.3 Å². The van der Waals surface area contributed by atoms with Crippen LogP contribution in [0.4, 0.5) is 22.0 Å². The first-order valence-electron chi connectivity index (χ1n) is 12.0. The zero-order valence-electron chi connectivity index (χ0n) is 21.8. The molecule has 3 aromatic rings. The number of hydrogen-bond donors (Lipinski definition) is 2. The lowest BCUT2D eigenvalue weighted by Gasteiger charge is -2.32. The standard InChI is InChI=1S/C26H34FN7O2S/c1-17(2)15-22(23(28)35)34(14-13-33(3)4)25-30-24(29-19-8-6-7-18(27)16-19)31-26(32-25)37-21-11-9-20(36-5)10-12-21/h6-12,16-17,22H,13-15H2,1-5H3,(H2,28,35)(H,29,30,31,32)/t22-/m0/s1. The highest BCUT2D eigenvalue weighted by atomic mass is 32.2. The van der Waals surface area contributed by atoms with Crippen molar-refractivity contribution in [1.29, 1.82) is 0 Å². The van der Waals surface area contributed by atoms with Crippen molar-refractivity contribution in [3.63, 3.8) is 0 Å². The molecule has 2 aromatic carbocycles. The zero-order valence-corrected chi connectivity index (χ0v) is 22.6. The molecule has 1 amide bonds. The lowest BCUT2D eigenvalue weighted by molar-refractivity contribution is -0.119. The lowest BCUT2D eigenvalue weighted by atomic mass is 10.0. The fourth-order valence-corrected chi connectivity index (χ4v) is 4.31. The Morgan fingerprint density at radius 3 is 2.43 bits per heavy atom. The second kappa shape index (κ2) is 13.2. The van der Waals surface area contributed by atoms with Gasteiger partial charge >= 0.3 is 0 Å². The topological polar surface area (TPSA) is 110 Å². The first-order chi connectivity index (χ1) is 17.6. The van der Waals surface area contributed by atoms with Crippen LogP contribution in [0.15, 0.2) is 58.6 Å². The molecule has 0 bridgehead atoms. The summed E-state index contributed by atoms with van der Waals surface area (Å²) in [7, 11) is 5.52. The Hall–Kier alpha value is -3.44. The van der Waals surface area contributed by atoms with Crippen LogP contribution in [-0.4, -0.2) is 66.1 Å². The van der Waals surface area contributed by atoms with Gasteiger partial charge in [0.25, 0.3) is 0 Å². The summed E-state index contributed by atoms with van der Waals surface area (Å²) in [5, 5.41) is 3.48. The Labute approximate surface area is 221 Å². The van der Waals surface area contributed by atoms with Crippen LogP contribution in [0.25, 0.3) is 0 Å². The van der Waals surface area contributed by atoms with Gasteiger partial charge in [-0.15, -0.1) is 0 Å². The molecule has 0 spiro atoms. The first-order valence-corrected chi connectivity index (χ1v) is 12.8. The normalized spacial score (nSPS) is 12.0. The molecule has 0 saturated heterocycles. The number of nitrogens with one attached hydrogen (secondary N) is 1. The van der Waals surface area contributed by atoms with Crippen LogP contribution < -0.4 is 20.7 Å². The van der Waals surface area contributed by atoms with Gasteiger partial charge in [0.05, 0.1) is 7.11 Å². The van der Waals surface area contributed by atoms with Gasteiger partial charge in [0, 0.05) is 23.7 Å². The number of ether oxygens (including phenoxy) is 1. The third-order valence-corrected chi connectivity index (χ3v) is 6.27. The quantitative estimate of drug-likeness (QED) is 0.338. The van der Waals surface area contributed by atoms with Gasteiger partial charge < -0.3 is 25.6 Å². The summed E-state index contributed by atoms with van der Waals surface area (Å²) in [5.41, 5.74) is 6.35. The number of anilines is 3. The first kappa shape index (κ1) is 28.1. The summed E-state index contributed by atoms with van der Waals surface area (Å²) >= 11 is 1.34. The predicted molar refractivity (Wildman–Crippen MR) is 145 cm³/mol. The van der Waals surface area contributed by atoms with E-state index >= 15 is 0 Å². The van der Waals surface area contributed by atoms with Gasteiger partial charge in [-0.25, -0.2) is 4.39 Å². The van der Waals surface area contributed by atoms with E-state index < -0.39 is 11.9 Å². The second-order valence-electron chi connectivity index (χ2n) is 9.20. The number of nitrogens with zero attached hydrogens (tertiary/aromatic N) is 5.